The molecule has 1 aliphatic heterocycles. The average Bonchev–Trinajstić information content (AvgIpc) is 3.30. The number of rotatable bonds is 8. The van der Waals surface area contributed by atoms with Crippen molar-refractivity contribution >= 4 is 34.4 Å². The molecule has 0 saturated carbocycles. The zero-order valence-corrected chi connectivity index (χ0v) is 21.9. The van der Waals surface area contributed by atoms with Gasteiger partial charge in [-0.15, -0.1) is 0 Å². The Kier molecular flexibility index (Phi) is 7.87. The minimum atomic E-state index is -0.375. The summed E-state index contributed by atoms with van der Waals surface area (Å²) >= 11 is 6.42. The quantitative estimate of drug-likeness (QED) is 0.257. The molecular weight excluding hydrogens is 489 g/mol. The highest BCUT2D eigenvalue weighted by Gasteiger charge is 2.16. The molecule has 1 aliphatic rings. The number of hydrogen-bond donors (Lipinski definition) is 1. The number of aromatic nitrogens is 3. The van der Waals surface area contributed by atoms with Crippen LogP contribution in [0.15, 0.2) is 54.7 Å². The van der Waals surface area contributed by atoms with Gasteiger partial charge in [0.25, 0.3) is 0 Å². The molecule has 0 aliphatic carbocycles. The Hall–Kier alpha value is -3.22. The summed E-state index contributed by atoms with van der Waals surface area (Å²) < 4.78 is 26.8. The Labute approximate surface area is 221 Å². The van der Waals surface area contributed by atoms with Crippen molar-refractivity contribution in [3.8, 4) is 5.75 Å². The SMILES string of the molecule is Cc1cccc(Cl)c1C(C)Oc1ccc2n[nH]c(/C=C(\F)c3ccc(CCC4CCOCC4)nc3)c2c1. The molecule has 192 valence electrons. The smallest absolute Gasteiger partial charge is 0.134 e. The summed E-state index contributed by atoms with van der Waals surface area (Å²) in [7, 11) is 0. The van der Waals surface area contributed by atoms with E-state index in [0.29, 0.717) is 27.9 Å². The Morgan fingerprint density at radius 3 is 2.81 bits per heavy atom. The van der Waals surface area contributed by atoms with Crippen LogP contribution in [0.25, 0.3) is 22.8 Å². The van der Waals surface area contributed by atoms with Crippen molar-refractivity contribution in [3.05, 3.63) is 87.8 Å². The molecule has 5 rings (SSSR count). The maximum absolute atomic E-state index is 15.2. The molecule has 1 saturated heterocycles. The van der Waals surface area contributed by atoms with Crippen LogP contribution >= 0.6 is 11.6 Å². The van der Waals surface area contributed by atoms with E-state index < -0.39 is 0 Å². The van der Waals surface area contributed by atoms with Gasteiger partial charge in [-0.25, -0.2) is 4.39 Å². The Balaban J connectivity index is 1.30. The number of halogens is 2. The largest absolute Gasteiger partial charge is 0.486 e. The number of aryl methyl sites for hydroxylation is 2. The molecule has 1 N–H and O–H groups in total. The normalized spacial score (nSPS) is 15.7. The molecular formula is C30H31ClFN3O2. The van der Waals surface area contributed by atoms with Crippen LogP contribution in [0.1, 0.15) is 60.4 Å². The van der Waals surface area contributed by atoms with E-state index in [-0.39, 0.29) is 11.9 Å². The molecule has 5 nitrogen and oxygen atoms in total. The standard InChI is InChI=1S/C30H31ClFN3O2/c1-19-4-3-5-26(31)30(19)20(2)37-24-10-11-28-25(16-24)29(35-34-28)17-27(32)22-7-9-23(33-18-22)8-6-21-12-14-36-15-13-21/h3-5,7,9-11,16-18,20-21H,6,8,12-15H2,1-2H3,(H,34,35)/b27-17-. The average molecular weight is 520 g/mol. The third kappa shape index (κ3) is 6.03. The number of fused-ring (bicyclic) bond motifs is 1. The van der Waals surface area contributed by atoms with Gasteiger partial charge < -0.3 is 9.47 Å². The zero-order valence-electron chi connectivity index (χ0n) is 21.1. The minimum Gasteiger partial charge on any atom is -0.486 e. The summed E-state index contributed by atoms with van der Waals surface area (Å²) in [5.41, 5.74) is 4.75. The van der Waals surface area contributed by atoms with Gasteiger partial charge in [0.05, 0.1) is 11.2 Å². The van der Waals surface area contributed by atoms with Crippen LogP contribution in [0.2, 0.25) is 5.02 Å². The Morgan fingerprint density at radius 1 is 1.22 bits per heavy atom. The van der Waals surface area contributed by atoms with Crippen LogP contribution in [0.3, 0.4) is 0 Å². The summed E-state index contributed by atoms with van der Waals surface area (Å²) in [6.07, 6.45) is 7.03. The lowest BCUT2D eigenvalue weighted by Crippen LogP contribution is -2.16. The van der Waals surface area contributed by atoms with E-state index in [9.17, 15) is 0 Å². The molecule has 37 heavy (non-hydrogen) atoms. The number of hydrogen-bond acceptors (Lipinski definition) is 4. The van der Waals surface area contributed by atoms with Gasteiger partial charge in [-0.1, -0.05) is 23.7 Å². The molecule has 1 fully saturated rings. The van der Waals surface area contributed by atoms with Crippen LogP contribution < -0.4 is 4.74 Å². The molecule has 2 aromatic heterocycles. The van der Waals surface area contributed by atoms with Crippen molar-refractivity contribution in [1.29, 1.82) is 0 Å². The fourth-order valence-electron chi connectivity index (χ4n) is 4.93. The van der Waals surface area contributed by atoms with Gasteiger partial charge in [0.15, 0.2) is 0 Å². The van der Waals surface area contributed by atoms with Crippen LogP contribution in [-0.4, -0.2) is 28.4 Å². The van der Waals surface area contributed by atoms with E-state index in [1.165, 1.54) is 6.08 Å². The second-order valence-corrected chi connectivity index (χ2v) is 10.1. The van der Waals surface area contributed by atoms with Gasteiger partial charge in [-0.3, -0.25) is 10.1 Å². The number of pyridine rings is 1. The second kappa shape index (κ2) is 11.4. The highest BCUT2D eigenvalue weighted by atomic mass is 35.5. The third-order valence-electron chi connectivity index (χ3n) is 7.07. The fourth-order valence-corrected chi connectivity index (χ4v) is 5.30. The maximum Gasteiger partial charge on any atom is 0.134 e. The maximum atomic E-state index is 15.2. The first kappa shape index (κ1) is 25.4. The van der Waals surface area contributed by atoms with Crippen molar-refractivity contribution in [1.82, 2.24) is 15.2 Å². The number of aromatic amines is 1. The van der Waals surface area contributed by atoms with Crippen molar-refractivity contribution in [2.24, 2.45) is 5.92 Å². The summed E-state index contributed by atoms with van der Waals surface area (Å²) in [4.78, 5) is 4.50. The van der Waals surface area contributed by atoms with Gasteiger partial charge in [0.2, 0.25) is 0 Å². The first-order valence-corrected chi connectivity index (χ1v) is 13.2. The number of ether oxygens (including phenoxy) is 2. The predicted octanol–water partition coefficient (Wildman–Crippen LogP) is 7.89. The van der Waals surface area contributed by atoms with E-state index in [4.69, 9.17) is 21.1 Å². The van der Waals surface area contributed by atoms with Gasteiger partial charge in [0, 0.05) is 52.7 Å². The first-order chi connectivity index (χ1) is 18.0. The molecule has 2 aromatic carbocycles. The molecule has 0 radical (unpaired) electrons. The lowest BCUT2D eigenvalue weighted by molar-refractivity contribution is 0.0639. The lowest BCUT2D eigenvalue weighted by Gasteiger charge is -2.21. The van der Waals surface area contributed by atoms with Crippen LogP contribution in [0, 0.1) is 12.8 Å². The predicted molar refractivity (Wildman–Crippen MR) is 146 cm³/mol. The van der Waals surface area contributed by atoms with Crippen molar-refractivity contribution in [2.75, 3.05) is 13.2 Å². The van der Waals surface area contributed by atoms with Crippen molar-refractivity contribution < 1.29 is 13.9 Å². The van der Waals surface area contributed by atoms with E-state index in [1.807, 2.05) is 56.3 Å². The molecule has 0 spiro atoms. The Bertz CT molecular complexity index is 1370. The highest BCUT2D eigenvalue weighted by molar-refractivity contribution is 6.31. The second-order valence-electron chi connectivity index (χ2n) is 9.67. The summed E-state index contributed by atoms with van der Waals surface area (Å²) in [5, 5.41) is 8.70. The fraction of sp³-hybridized carbons (Fsp3) is 0.333. The minimum absolute atomic E-state index is 0.246. The molecule has 1 unspecified atom stereocenters. The third-order valence-corrected chi connectivity index (χ3v) is 7.40. The van der Waals surface area contributed by atoms with E-state index in [2.05, 4.69) is 15.2 Å². The van der Waals surface area contributed by atoms with E-state index in [0.717, 1.165) is 66.6 Å². The van der Waals surface area contributed by atoms with Gasteiger partial charge >= 0.3 is 0 Å². The number of H-pyrrole nitrogens is 1. The summed E-state index contributed by atoms with van der Waals surface area (Å²) in [6, 6.07) is 15.1. The first-order valence-electron chi connectivity index (χ1n) is 12.8. The molecule has 4 aromatic rings. The van der Waals surface area contributed by atoms with Crippen molar-refractivity contribution in [3.63, 3.8) is 0 Å². The Morgan fingerprint density at radius 2 is 2.05 bits per heavy atom. The monoisotopic (exact) mass is 519 g/mol. The molecule has 0 bridgehead atoms. The van der Waals surface area contributed by atoms with Crippen LogP contribution in [-0.2, 0) is 11.2 Å². The van der Waals surface area contributed by atoms with E-state index in [1.54, 1.807) is 12.3 Å². The van der Waals surface area contributed by atoms with Gasteiger partial charge in [0.1, 0.15) is 17.7 Å². The van der Waals surface area contributed by atoms with Gasteiger partial charge in [-0.2, -0.15) is 5.10 Å². The summed E-state index contributed by atoms with van der Waals surface area (Å²) in [6.45, 7) is 5.68. The number of nitrogens with zero attached hydrogens (tertiary/aromatic N) is 2. The van der Waals surface area contributed by atoms with Crippen LogP contribution in [0.4, 0.5) is 4.39 Å². The number of nitrogens with one attached hydrogen (secondary N) is 1. The van der Waals surface area contributed by atoms with E-state index >= 15 is 4.39 Å². The highest BCUT2D eigenvalue weighted by Crippen LogP contribution is 2.32. The van der Waals surface area contributed by atoms with Crippen LogP contribution in [0.5, 0.6) is 5.75 Å². The molecule has 3 heterocycles. The molecule has 7 heteroatoms. The van der Waals surface area contributed by atoms with Gasteiger partial charge in [-0.05, 0) is 87.4 Å². The lowest BCUT2D eigenvalue weighted by atomic mass is 9.94. The topological polar surface area (TPSA) is 60.0 Å². The zero-order chi connectivity index (χ0) is 25.8. The number of benzene rings is 2. The molecule has 0 amide bonds. The molecule has 1 atom stereocenters. The van der Waals surface area contributed by atoms with Crippen molar-refractivity contribution in [2.45, 2.75) is 45.6 Å². The summed E-state index contributed by atoms with van der Waals surface area (Å²) in [5.74, 6) is 0.970.